The Morgan fingerprint density at radius 1 is 1.04 bits per heavy atom. The third-order valence-electron chi connectivity index (χ3n) is 3.88. The van der Waals surface area contributed by atoms with Crippen molar-refractivity contribution in [1.82, 2.24) is 4.57 Å². The molecule has 0 aliphatic rings. The van der Waals surface area contributed by atoms with Gasteiger partial charge in [-0.25, -0.2) is 8.78 Å². The van der Waals surface area contributed by atoms with Crippen molar-refractivity contribution in [3.8, 4) is 6.07 Å². The second-order valence-electron chi connectivity index (χ2n) is 5.59. The van der Waals surface area contributed by atoms with Crippen molar-refractivity contribution >= 4 is 10.9 Å². The summed E-state index contributed by atoms with van der Waals surface area (Å²) < 4.78 is 66.3. The molecule has 3 rings (SSSR count). The van der Waals surface area contributed by atoms with Gasteiger partial charge in [0.1, 0.15) is 11.6 Å². The highest BCUT2D eigenvalue weighted by Crippen LogP contribution is 2.29. The zero-order chi connectivity index (χ0) is 19.1. The van der Waals surface area contributed by atoms with Gasteiger partial charge in [0, 0.05) is 18.8 Å². The van der Waals surface area contributed by atoms with Crippen LogP contribution in [0.2, 0.25) is 0 Å². The molecule has 2 aromatic carbocycles. The maximum atomic E-state index is 13.6. The van der Waals surface area contributed by atoms with Gasteiger partial charge in [-0.2, -0.15) is 18.4 Å². The lowest BCUT2D eigenvalue weighted by Crippen LogP contribution is -2.14. The summed E-state index contributed by atoms with van der Waals surface area (Å²) >= 11 is 0. The maximum Gasteiger partial charge on any atom is 0.416 e. The van der Waals surface area contributed by atoms with E-state index in [1.165, 1.54) is 22.9 Å². The number of aromatic nitrogens is 1. The van der Waals surface area contributed by atoms with Crippen LogP contribution in [0.25, 0.3) is 10.9 Å². The van der Waals surface area contributed by atoms with Crippen molar-refractivity contribution in [1.29, 1.82) is 5.26 Å². The number of alkyl halides is 3. The minimum Gasteiger partial charge on any atom is -0.341 e. The smallest absolute Gasteiger partial charge is 0.341 e. The molecule has 1 heterocycles. The Labute approximate surface area is 143 Å². The zero-order valence-corrected chi connectivity index (χ0v) is 12.9. The van der Waals surface area contributed by atoms with Crippen LogP contribution in [0.5, 0.6) is 0 Å². The molecule has 0 N–H and O–H groups in total. The van der Waals surface area contributed by atoms with Crippen LogP contribution in [0.4, 0.5) is 22.0 Å². The molecular weight excluding hydrogens is 355 g/mol. The lowest BCUT2D eigenvalue weighted by Gasteiger charge is -2.13. The number of fused-ring (bicyclic) bond motifs is 1. The summed E-state index contributed by atoms with van der Waals surface area (Å²) in [7, 11) is 0. The van der Waals surface area contributed by atoms with Gasteiger partial charge in [-0.05, 0) is 23.8 Å². The first-order valence-corrected chi connectivity index (χ1v) is 7.29. The number of benzene rings is 2. The van der Waals surface area contributed by atoms with Gasteiger partial charge in [-0.3, -0.25) is 4.79 Å². The first-order chi connectivity index (χ1) is 12.2. The molecule has 3 aromatic rings. The molecule has 132 valence electrons. The van der Waals surface area contributed by atoms with Gasteiger partial charge in [-0.1, -0.05) is 12.1 Å². The summed E-state index contributed by atoms with van der Waals surface area (Å²) in [5, 5.41) is 8.88. The Morgan fingerprint density at radius 3 is 2.23 bits per heavy atom. The molecule has 3 nitrogen and oxygen atoms in total. The topological polar surface area (TPSA) is 45.8 Å². The highest BCUT2D eigenvalue weighted by Gasteiger charge is 2.29. The SMILES string of the molecule is N#Cc1cn(Cc2ccc(C(F)(F)F)cc2)c2cc(F)c(F)cc2c1=O. The summed E-state index contributed by atoms with van der Waals surface area (Å²) in [6, 6.07) is 7.46. The van der Waals surface area contributed by atoms with Crippen LogP contribution < -0.4 is 5.43 Å². The molecule has 1 aromatic heterocycles. The fourth-order valence-corrected chi connectivity index (χ4v) is 2.59. The van der Waals surface area contributed by atoms with Crippen LogP contribution in [0.1, 0.15) is 16.7 Å². The molecule has 0 radical (unpaired) electrons. The van der Waals surface area contributed by atoms with Crippen molar-refractivity contribution in [3.63, 3.8) is 0 Å². The molecule has 0 fully saturated rings. The second-order valence-corrected chi connectivity index (χ2v) is 5.59. The third-order valence-corrected chi connectivity index (χ3v) is 3.88. The number of nitriles is 1. The van der Waals surface area contributed by atoms with E-state index in [1.54, 1.807) is 6.07 Å². The fraction of sp³-hybridized carbons (Fsp3) is 0.111. The normalized spacial score (nSPS) is 11.5. The van der Waals surface area contributed by atoms with Crippen molar-refractivity contribution < 1.29 is 22.0 Å². The van der Waals surface area contributed by atoms with Crippen LogP contribution in [0.15, 0.2) is 47.4 Å². The van der Waals surface area contributed by atoms with Crippen molar-refractivity contribution in [2.75, 3.05) is 0 Å². The van der Waals surface area contributed by atoms with Gasteiger partial charge < -0.3 is 4.57 Å². The first-order valence-electron chi connectivity index (χ1n) is 7.29. The van der Waals surface area contributed by atoms with E-state index in [4.69, 9.17) is 5.26 Å². The molecule has 0 aliphatic heterocycles. The standard InChI is InChI=1S/C18H9F5N2O/c19-14-5-13-16(6-15(14)20)25(9-11(7-24)17(13)26)8-10-1-3-12(4-2-10)18(21,22)23/h1-6,9H,8H2. The van der Waals surface area contributed by atoms with E-state index in [-0.39, 0.29) is 23.0 Å². The van der Waals surface area contributed by atoms with Gasteiger partial charge >= 0.3 is 6.18 Å². The molecule has 0 aliphatic carbocycles. The summed E-state index contributed by atoms with van der Waals surface area (Å²) in [4.78, 5) is 12.1. The minimum atomic E-state index is -4.47. The number of hydrogen-bond acceptors (Lipinski definition) is 2. The van der Waals surface area contributed by atoms with Crippen LogP contribution in [-0.2, 0) is 12.7 Å². The van der Waals surface area contributed by atoms with Crippen molar-refractivity contribution in [2.24, 2.45) is 0 Å². The zero-order valence-electron chi connectivity index (χ0n) is 12.9. The van der Waals surface area contributed by atoms with Gasteiger partial charge in [-0.15, -0.1) is 0 Å². The molecule has 0 unspecified atom stereocenters. The van der Waals surface area contributed by atoms with Gasteiger partial charge in [0.2, 0.25) is 5.43 Å². The van der Waals surface area contributed by atoms with E-state index in [1.807, 2.05) is 0 Å². The molecule has 0 atom stereocenters. The van der Waals surface area contributed by atoms with Gasteiger partial charge in [0.25, 0.3) is 0 Å². The highest BCUT2D eigenvalue weighted by atomic mass is 19.4. The Morgan fingerprint density at radius 2 is 1.65 bits per heavy atom. The van der Waals surface area contributed by atoms with E-state index in [0.29, 0.717) is 11.6 Å². The number of hydrogen-bond donors (Lipinski definition) is 0. The minimum absolute atomic E-state index is 0.0331. The third kappa shape index (κ3) is 3.16. The van der Waals surface area contributed by atoms with Crippen LogP contribution in [0.3, 0.4) is 0 Å². The van der Waals surface area contributed by atoms with Gasteiger partial charge in [0.15, 0.2) is 11.6 Å². The van der Waals surface area contributed by atoms with E-state index in [0.717, 1.165) is 18.2 Å². The summed E-state index contributed by atoms with van der Waals surface area (Å²) in [5.41, 5.74) is -1.39. The average Bonchev–Trinajstić information content (AvgIpc) is 2.59. The number of rotatable bonds is 2. The Hall–Kier alpha value is -3.21. The van der Waals surface area contributed by atoms with Crippen LogP contribution in [0, 0.1) is 23.0 Å². The lowest BCUT2D eigenvalue weighted by atomic mass is 10.1. The van der Waals surface area contributed by atoms with E-state index in [2.05, 4.69) is 0 Å². The quantitative estimate of drug-likeness (QED) is 0.639. The van der Waals surface area contributed by atoms with Gasteiger partial charge in [0.05, 0.1) is 16.5 Å². The molecule has 26 heavy (non-hydrogen) atoms. The number of nitrogens with zero attached hydrogens (tertiary/aromatic N) is 2. The predicted molar refractivity (Wildman–Crippen MR) is 83.4 cm³/mol. The van der Waals surface area contributed by atoms with E-state index < -0.39 is 28.8 Å². The largest absolute Gasteiger partial charge is 0.416 e. The number of halogens is 5. The predicted octanol–water partition coefficient (Wildman–Crippen LogP) is 4.22. The first kappa shape index (κ1) is 17.6. The fourth-order valence-electron chi connectivity index (χ4n) is 2.59. The highest BCUT2D eigenvalue weighted by molar-refractivity contribution is 5.80. The Kier molecular flexibility index (Phi) is 4.24. The summed E-state index contributed by atoms with van der Waals surface area (Å²) in [6.07, 6.45) is -3.31. The van der Waals surface area contributed by atoms with E-state index >= 15 is 0 Å². The molecule has 0 bridgehead atoms. The second kappa shape index (κ2) is 6.26. The molecule has 0 amide bonds. The van der Waals surface area contributed by atoms with Crippen LogP contribution in [-0.4, -0.2) is 4.57 Å². The summed E-state index contributed by atoms with van der Waals surface area (Å²) in [5.74, 6) is -2.41. The molecule has 0 saturated carbocycles. The number of pyridine rings is 1. The Balaban J connectivity index is 2.13. The van der Waals surface area contributed by atoms with E-state index in [9.17, 15) is 26.7 Å². The molecule has 8 heteroatoms. The Bertz CT molecular complexity index is 1090. The molecular formula is C18H9F5N2O. The monoisotopic (exact) mass is 364 g/mol. The maximum absolute atomic E-state index is 13.6. The van der Waals surface area contributed by atoms with Crippen molar-refractivity contribution in [3.05, 3.63) is 81.1 Å². The lowest BCUT2D eigenvalue weighted by molar-refractivity contribution is -0.137. The average molecular weight is 364 g/mol. The summed E-state index contributed by atoms with van der Waals surface area (Å²) in [6.45, 7) is -0.0331. The van der Waals surface area contributed by atoms with Crippen molar-refractivity contribution in [2.45, 2.75) is 12.7 Å². The molecule has 0 spiro atoms. The van der Waals surface area contributed by atoms with Crippen LogP contribution >= 0.6 is 0 Å². The molecule has 0 saturated heterocycles.